The lowest BCUT2D eigenvalue weighted by Crippen LogP contribution is -2.07. The molecule has 3 nitrogen and oxygen atoms in total. The van der Waals surface area contributed by atoms with Crippen molar-refractivity contribution in [3.63, 3.8) is 0 Å². The number of rotatable bonds is 4. The normalized spacial score (nSPS) is 12.4. The van der Waals surface area contributed by atoms with Crippen LogP contribution in [0.25, 0.3) is 0 Å². The monoisotopic (exact) mass is 301 g/mol. The summed E-state index contributed by atoms with van der Waals surface area (Å²) < 4.78 is 0. The van der Waals surface area contributed by atoms with Crippen LogP contribution in [-0.2, 0) is 6.42 Å². The summed E-state index contributed by atoms with van der Waals surface area (Å²) in [6, 6.07) is 1.74. The van der Waals surface area contributed by atoms with Crippen LogP contribution < -0.4 is 5.32 Å². The van der Waals surface area contributed by atoms with Crippen LogP contribution in [0.5, 0.6) is 0 Å². The second-order valence-electron chi connectivity index (χ2n) is 3.87. The molecule has 0 saturated heterocycles. The van der Waals surface area contributed by atoms with E-state index in [-0.39, 0.29) is 6.04 Å². The number of nitrogens with zero attached hydrogens (tertiary/aromatic N) is 2. The van der Waals surface area contributed by atoms with Gasteiger partial charge >= 0.3 is 0 Å². The second-order valence-corrected chi connectivity index (χ2v) is 5.86. The average molecular weight is 302 g/mol. The number of aromatic nitrogens is 2. The van der Waals surface area contributed by atoms with E-state index in [1.165, 1.54) is 4.88 Å². The van der Waals surface area contributed by atoms with Crippen molar-refractivity contribution in [2.24, 2.45) is 0 Å². The van der Waals surface area contributed by atoms with Gasteiger partial charge in [0, 0.05) is 17.3 Å². The molecule has 0 saturated carbocycles. The first kappa shape index (κ1) is 13.6. The van der Waals surface area contributed by atoms with Gasteiger partial charge in [-0.2, -0.15) is 0 Å². The van der Waals surface area contributed by atoms with Crippen molar-refractivity contribution in [3.05, 3.63) is 38.4 Å². The predicted octanol–water partition coefficient (Wildman–Crippen LogP) is 4.58. The number of hydrogen-bond acceptors (Lipinski definition) is 4. The molecule has 0 aromatic carbocycles. The summed E-state index contributed by atoms with van der Waals surface area (Å²) in [5.74, 6) is 0.627. The number of hydrogen-bond donors (Lipinski definition) is 1. The highest BCUT2D eigenvalue weighted by Gasteiger charge is 2.12. The van der Waals surface area contributed by atoms with Gasteiger partial charge in [-0.1, -0.05) is 30.1 Å². The zero-order valence-corrected chi connectivity index (χ0v) is 12.4. The van der Waals surface area contributed by atoms with Crippen LogP contribution in [0.15, 0.2) is 18.5 Å². The lowest BCUT2D eigenvalue weighted by molar-refractivity contribution is 0.860. The fourth-order valence-corrected chi connectivity index (χ4v) is 2.77. The van der Waals surface area contributed by atoms with Crippen molar-refractivity contribution in [1.29, 1.82) is 0 Å². The van der Waals surface area contributed by atoms with Crippen LogP contribution in [0.4, 0.5) is 5.82 Å². The fraction of sp³-hybridized carbons (Fsp3) is 0.333. The maximum absolute atomic E-state index is 6.07. The first-order valence-corrected chi connectivity index (χ1v) is 7.19. The molecule has 0 radical (unpaired) electrons. The molecule has 1 N–H and O–H groups in total. The van der Waals surface area contributed by atoms with E-state index in [0.717, 1.165) is 11.4 Å². The van der Waals surface area contributed by atoms with Gasteiger partial charge in [-0.05, 0) is 19.4 Å². The summed E-state index contributed by atoms with van der Waals surface area (Å²) in [6.07, 6.45) is 4.49. The Bertz CT molecular complexity index is 542. The molecule has 1 unspecified atom stereocenters. The molecule has 0 aliphatic rings. The predicted molar refractivity (Wildman–Crippen MR) is 77.8 cm³/mol. The van der Waals surface area contributed by atoms with E-state index >= 15 is 0 Å². The van der Waals surface area contributed by atoms with Crippen molar-refractivity contribution >= 4 is 40.4 Å². The SMILES string of the molecule is CCc1cnc(C(C)Nc2ncc(Cl)cc2Cl)s1. The minimum atomic E-state index is 0.0708. The van der Waals surface area contributed by atoms with E-state index in [4.69, 9.17) is 23.2 Å². The van der Waals surface area contributed by atoms with Gasteiger partial charge in [-0.25, -0.2) is 9.97 Å². The number of anilines is 1. The minimum Gasteiger partial charge on any atom is -0.360 e. The Hall–Kier alpha value is -0.840. The Labute approximate surface area is 120 Å². The maximum atomic E-state index is 6.07. The molecule has 0 aliphatic carbocycles. The van der Waals surface area contributed by atoms with Crippen molar-refractivity contribution in [2.45, 2.75) is 26.3 Å². The van der Waals surface area contributed by atoms with E-state index in [0.29, 0.717) is 15.9 Å². The molecule has 2 rings (SSSR count). The van der Waals surface area contributed by atoms with Gasteiger partial charge in [0.1, 0.15) is 10.8 Å². The average Bonchev–Trinajstić information content (AvgIpc) is 2.81. The Morgan fingerprint density at radius 2 is 2.11 bits per heavy atom. The minimum absolute atomic E-state index is 0.0708. The van der Waals surface area contributed by atoms with E-state index in [1.807, 2.05) is 13.1 Å². The highest BCUT2D eigenvalue weighted by Crippen LogP contribution is 2.28. The molecule has 0 aliphatic heterocycles. The van der Waals surface area contributed by atoms with Crippen LogP contribution in [-0.4, -0.2) is 9.97 Å². The topological polar surface area (TPSA) is 37.8 Å². The molecule has 0 fully saturated rings. The molecular formula is C12H13Cl2N3S. The molecular weight excluding hydrogens is 289 g/mol. The molecule has 96 valence electrons. The number of halogens is 2. The first-order chi connectivity index (χ1) is 8.60. The number of nitrogens with one attached hydrogen (secondary N) is 1. The van der Waals surface area contributed by atoms with Crippen LogP contribution in [0, 0.1) is 0 Å². The van der Waals surface area contributed by atoms with Gasteiger partial charge in [0.15, 0.2) is 0 Å². The largest absolute Gasteiger partial charge is 0.360 e. The van der Waals surface area contributed by atoms with Gasteiger partial charge in [-0.3, -0.25) is 0 Å². The number of aryl methyl sites for hydroxylation is 1. The summed E-state index contributed by atoms with van der Waals surface area (Å²) in [6.45, 7) is 4.15. The second kappa shape index (κ2) is 5.87. The summed E-state index contributed by atoms with van der Waals surface area (Å²) in [4.78, 5) is 9.83. The van der Waals surface area contributed by atoms with E-state index in [9.17, 15) is 0 Å². The van der Waals surface area contributed by atoms with E-state index in [2.05, 4.69) is 22.2 Å². The highest BCUT2D eigenvalue weighted by molar-refractivity contribution is 7.11. The van der Waals surface area contributed by atoms with E-state index < -0.39 is 0 Å². The Balaban J connectivity index is 2.13. The fourth-order valence-electron chi connectivity index (χ4n) is 1.47. The Kier molecular flexibility index (Phi) is 4.43. The third-order valence-corrected chi connectivity index (χ3v) is 4.27. The molecule has 1 atom stereocenters. The molecule has 0 spiro atoms. The molecule has 6 heteroatoms. The molecule has 0 bridgehead atoms. The Morgan fingerprint density at radius 1 is 1.33 bits per heavy atom. The summed E-state index contributed by atoms with van der Waals surface area (Å²) in [5, 5.41) is 5.31. The van der Waals surface area contributed by atoms with E-state index in [1.54, 1.807) is 23.6 Å². The van der Waals surface area contributed by atoms with Crippen LogP contribution in [0.2, 0.25) is 10.0 Å². The third kappa shape index (κ3) is 3.13. The number of thiazole rings is 1. The van der Waals surface area contributed by atoms with Crippen molar-refractivity contribution in [3.8, 4) is 0 Å². The molecule has 2 aromatic rings. The van der Waals surface area contributed by atoms with Crippen molar-refractivity contribution in [2.75, 3.05) is 5.32 Å². The lowest BCUT2D eigenvalue weighted by atomic mass is 10.3. The summed E-state index contributed by atoms with van der Waals surface area (Å²) in [5.41, 5.74) is 0. The number of pyridine rings is 1. The van der Waals surface area contributed by atoms with Crippen LogP contribution in [0.1, 0.15) is 29.8 Å². The van der Waals surface area contributed by atoms with Gasteiger partial charge in [0.05, 0.1) is 16.1 Å². The van der Waals surface area contributed by atoms with Gasteiger partial charge < -0.3 is 5.32 Å². The standard InChI is InChI=1S/C12H13Cl2N3S/c1-3-9-6-16-12(18-9)7(2)17-11-10(14)4-8(13)5-15-11/h4-7H,3H2,1-2H3,(H,15,17). The zero-order chi connectivity index (χ0) is 13.1. The van der Waals surface area contributed by atoms with Crippen LogP contribution >= 0.6 is 34.5 Å². The van der Waals surface area contributed by atoms with Gasteiger partial charge in [0.25, 0.3) is 0 Å². The highest BCUT2D eigenvalue weighted by atomic mass is 35.5. The molecule has 2 heterocycles. The van der Waals surface area contributed by atoms with Gasteiger partial charge in [-0.15, -0.1) is 11.3 Å². The zero-order valence-electron chi connectivity index (χ0n) is 10.1. The van der Waals surface area contributed by atoms with Crippen molar-refractivity contribution < 1.29 is 0 Å². The summed E-state index contributed by atoms with van der Waals surface area (Å²) in [7, 11) is 0. The third-order valence-electron chi connectivity index (χ3n) is 2.45. The lowest BCUT2D eigenvalue weighted by Gasteiger charge is -2.12. The Morgan fingerprint density at radius 3 is 2.72 bits per heavy atom. The smallest absolute Gasteiger partial charge is 0.145 e. The first-order valence-electron chi connectivity index (χ1n) is 5.62. The maximum Gasteiger partial charge on any atom is 0.145 e. The van der Waals surface area contributed by atoms with Crippen molar-refractivity contribution in [1.82, 2.24) is 9.97 Å². The van der Waals surface area contributed by atoms with Crippen LogP contribution in [0.3, 0.4) is 0 Å². The quantitative estimate of drug-likeness (QED) is 0.898. The van der Waals surface area contributed by atoms with Gasteiger partial charge in [0.2, 0.25) is 0 Å². The summed E-state index contributed by atoms with van der Waals surface area (Å²) >= 11 is 13.6. The molecule has 2 aromatic heterocycles. The molecule has 0 amide bonds. The molecule has 18 heavy (non-hydrogen) atoms.